The minimum absolute atomic E-state index is 0.162. The maximum Gasteiger partial charge on any atom is 0.257 e. The number of para-hydroxylation sites is 1. The van der Waals surface area contributed by atoms with Crippen LogP contribution >= 0.6 is 0 Å². The fourth-order valence-corrected chi connectivity index (χ4v) is 2.75. The summed E-state index contributed by atoms with van der Waals surface area (Å²) in [6.45, 7) is 0.200. The SMILES string of the molecule is COc1cc(NC(=O)CN(C)c2ccccc2)ccc1NC(=O)c1cccnc1. The van der Waals surface area contributed by atoms with Gasteiger partial charge in [-0.05, 0) is 36.4 Å². The lowest BCUT2D eigenvalue weighted by Gasteiger charge is -2.19. The Hall–Kier alpha value is -3.87. The zero-order chi connectivity index (χ0) is 20.6. The van der Waals surface area contributed by atoms with Crippen molar-refractivity contribution in [3.8, 4) is 5.75 Å². The molecule has 2 amide bonds. The number of hydrogen-bond donors (Lipinski definition) is 2. The van der Waals surface area contributed by atoms with E-state index in [0.29, 0.717) is 22.7 Å². The summed E-state index contributed by atoms with van der Waals surface area (Å²) in [4.78, 5) is 30.5. The average molecular weight is 390 g/mol. The number of likely N-dealkylation sites (N-methyl/N-ethyl adjacent to an activating group) is 1. The maximum absolute atomic E-state index is 12.4. The van der Waals surface area contributed by atoms with E-state index >= 15 is 0 Å². The van der Waals surface area contributed by atoms with Gasteiger partial charge in [-0.2, -0.15) is 0 Å². The number of ether oxygens (including phenoxy) is 1. The van der Waals surface area contributed by atoms with Crippen molar-refractivity contribution < 1.29 is 14.3 Å². The van der Waals surface area contributed by atoms with E-state index in [1.54, 1.807) is 36.5 Å². The number of carbonyl (C=O) groups is 2. The van der Waals surface area contributed by atoms with Crippen LogP contribution in [0.4, 0.5) is 17.1 Å². The van der Waals surface area contributed by atoms with E-state index < -0.39 is 0 Å². The highest BCUT2D eigenvalue weighted by atomic mass is 16.5. The van der Waals surface area contributed by atoms with Gasteiger partial charge in [-0.15, -0.1) is 0 Å². The summed E-state index contributed by atoms with van der Waals surface area (Å²) in [7, 11) is 3.36. The summed E-state index contributed by atoms with van der Waals surface area (Å²) in [5, 5.41) is 5.63. The van der Waals surface area contributed by atoms with Crippen LogP contribution in [0.2, 0.25) is 0 Å². The largest absolute Gasteiger partial charge is 0.494 e. The van der Waals surface area contributed by atoms with Gasteiger partial charge >= 0.3 is 0 Å². The molecule has 0 aliphatic rings. The molecule has 2 aromatic carbocycles. The number of benzene rings is 2. The molecule has 29 heavy (non-hydrogen) atoms. The Balaban J connectivity index is 1.65. The number of carbonyl (C=O) groups excluding carboxylic acids is 2. The van der Waals surface area contributed by atoms with Crippen molar-refractivity contribution in [2.75, 3.05) is 36.2 Å². The second kappa shape index (κ2) is 9.36. The van der Waals surface area contributed by atoms with Crippen LogP contribution in [0.25, 0.3) is 0 Å². The van der Waals surface area contributed by atoms with E-state index in [1.807, 2.05) is 42.3 Å². The van der Waals surface area contributed by atoms with Crippen molar-refractivity contribution in [2.45, 2.75) is 0 Å². The van der Waals surface area contributed by atoms with Gasteiger partial charge in [0, 0.05) is 36.9 Å². The monoisotopic (exact) mass is 390 g/mol. The molecule has 1 aromatic heterocycles. The lowest BCUT2D eigenvalue weighted by molar-refractivity contribution is -0.114. The van der Waals surface area contributed by atoms with Gasteiger partial charge in [-0.25, -0.2) is 0 Å². The number of amides is 2. The third kappa shape index (κ3) is 5.32. The Bertz CT molecular complexity index is 978. The third-order valence-electron chi connectivity index (χ3n) is 4.23. The Morgan fingerprint density at radius 1 is 1.03 bits per heavy atom. The number of nitrogens with zero attached hydrogens (tertiary/aromatic N) is 2. The van der Waals surface area contributed by atoms with Crippen molar-refractivity contribution in [1.82, 2.24) is 4.98 Å². The van der Waals surface area contributed by atoms with E-state index in [9.17, 15) is 9.59 Å². The van der Waals surface area contributed by atoms with E-state index in [0.717, 1.165) is 5.69 Å². The first-order chi connectivity index (χ1) is 14.1. The van der Waals surface area contributed by atoms with Gasteiger partial charge in [-0.3, -0.25) is 14.6 Å². The standard InChI is InChI=1S/C22H22N4O3/c1-26(18-8-4-3-5-9-18)15-21(27)24-17-10-11-19(20(13-17)29-2)25-22(28)16-7-6-12-23-14-16/h3-14H,15H2,1-2H3,(H,24,27)(H,25,28). The molecule has 3 rings (SSSR count). The Labute approximate surface area is 169 Å². The summed E-state index contributed by atoms with van der Waals surface area (Å²) in [5.41, 5.74) is 2.47. The number of hydrogen-bond acceptors (Lipinski definition) is 5. The predicted molar refractivity (Wildman–Crippen MR) is 114 cm³/mol. The van der Waals surface area contributed by atoms with E-state index in [4.69, 9.17) is 4.74 Å². The van der Waals surface area contributed by atoms with Gasteiger partial charge in [0.15, 0.2) is 0 Å². The van der Waals surface area contributed by atoms with Crippen LogP contribution in [0.15, 0.2) is 73.1 Å². The van der Waals surface area contributed by atoms with E-state index in [2.05, 4.69) is 15.6 Å². The second-order valence-corrected chi connectivity index (χ2v) is 6.35. The number of nitrogens with one attached hydrogen (secondary N) is 2. The molecule has 1 heterocycles. The minimum atomic E-state index is -0.294. The molecule has 0 bridgehead atoms. The van der Waals surface area contributed by atoms with E-state index in [-0.39, 0.29) is 18.4 Å². The molecule has 0 aliphatic heterocycles. The topological polar surface area (TPSA) is 83.6 Å². The summed E-state index contributed by atoms with van der Waals surface area (Å²) in [6.07, 6.45) is 3.09. The first kappa shape index (κ1) is 19.9. The molecule has 0 aliphatic carbocycles. The van der Waals surface area contributed by atoms with Crippen LogP contribution in [0.5, 0.6) is 5.75 Å². The van der Waals surface area contributed by atoms with Gasteiger partial charge in [0.25, 0.3) is 5.91 Å². The summed E-state index contributed by atoms with van der Waals surface area (Å²) < 4.78 is 5.36. The van der Waals surface area contributed by atoms with Crippen LogP contribution in [0.1, 0.15) is 10.4 Å². The lowest BCUT2D eigenvalue weighted by atomic mass is 10.2. The lowest BCUT2D eigenvalue weighted by Crippen LogP contribution is -2.30. The highest BCUT2D eigenvalue weighted by Gasteiger charge is 2.12. The van der Waals surface area contributed by atoms with Crippen molar-refractivity contribution in [2.24, 2.45) is 0 Å². The molecule has 7 heteroatoms. The summed E-state index contributed by atoms with van der Waals surface area (Å²) in [6, 6.07) is 18.1. The van der Waals surface area contributed by atoms with Gasteiger partial charge < -0.3 is 20.3 Å². The van der Waals surface area contributed by atoms with Crippen LogP contribution in [0.3, 0.4) is 0 Å². The van der Waals surface area contributed by atoms with Crippen LogP contribution in [-0.2, 0) is 4.79 Å². The summed E-state index contributed by atoms with van der Waals surface area (Å²) in [5.74, 6) is -0.0142. The maximum atomic E-state index is 12.4. The molecule has 7 nitrogen and oxygen atoms in total. The molecule has 0 fully saturated rings. The molecule has 3 aromatic rings. The number of pyridine rings is 1. The molecule has 0 saturated carbocycles. The van der Waals surface area contributed by atoms with Crippen molar-refractivity contribution >= 4 is 28.9 Å². The molecule has 0 unspecified atom stereocenters. The first-order valence-corrected chi connectivity index (χ1v) is 9.02. The van der Waals surface area contributed by atoms with Crippen LogP contribution < -0.4 is 20.3 Å². The van der Waals surface area contributed by atoms with Crippen LogP contribution in [0, 0.1) is 0 Å². The quantitative estimate of drug-likeness (QED) is 0.646. The molecule has 2 N–H and O–H groups in total. The first-order valence-electron chi connectivity index (χ1n) is 9.02. The highest BCUT2D eigenvalue weighted by Crippen LogP contribution is 2.28. The predicted octanol–water partition coefficient (Wildman–Crippen LogP) is 3.42. The van der Waals surface area contributed by atoms with E-state index in [1.165, 1.54) is 13.3 Å². The molecule has 0 atom stereocenters. The van der Waals surface area contributed by atoms with Crippen molar-refractivity contribution in [3.63, 3.8) is 0 Å². The number of methoxy groups -OCH3 is 1. The van der Waals surface area contributed by atoms with Crippen molar-refractivity contribution in [3.05, 3.63) is 78.6 Å². The van der Waals surface area contributed by atoms with Gasteiger partial charge in [-0.1, -0.05) is 18.2 Å². The Morgan fingerprint density at radius 3 is 2.52 bits per heavy atom. The minimum Gasteiger partial charge on any atom is -0.494 e. The molecular weight excluding hydrogens is 368 g/mol. The number of aromatic nitrogens is 1. The molecule has 0 radical (unpaired) electrons. The fourth-order valence-electron chi connectivity index (χ4n) is 2.75. The molecule has 0 saturated heterocycles. The zero-order valence-electron chi connectivity index (χ0n) is 16.3. The molecule has 148 valence electrons. The second-order valence-electron chi connectivity index (χ2n) is 6.35. The normalized spacial score (nSPS) is 10.1. The van der Waals surface area contributed by atoms with Gasteiger partial charge in [0.1, 0.15) is 5.75 Å². The molecular formula is C22H22N4O3. The average Bonchev–Trinajstić information content (AvgIpc) is 2.75. The smallest absolute Gasteiger partial charge is 0.257 e. The van der Waals surface area contributed by atoms with Crippen molar-refractivity contribution in [1.29, 1.82) is 0 Å². The van der Waals surface area contributed by atoms with Crippen LogP contribution in [-0.4, -0.2) is 37.5 Å². The Morgan fingerprint density at radius 2 is 1.83 bits per heavy atom. The van der Waals surface area contributed by atoms with Gasteiger partial charge in [0.2, 0.25) is 5.91 Å². The number of anilines is 3. The third-order valence-corrected chi connectivity index (χ3v) is 4.23. The fraction of sp³-hybridized carbons (Fsp3) is 0.136. The number of rotatable bonds is 7. The molecule has 0 spiro atoms. The van der Waals surface area contributed by atoms with Gasteiger partial charge in [0.05, 0.1) is 24.9 Å². The highest BCUT2D eigenvalue weighted by molar-refractivity contribution is 6.05. The zero-order valence-corrected chi connectivity index (χ0v) is 16.3. The summed E-state index contributed by atoms with van der Waals surface area (Å²) >= 11 is 0. The Kier molecular flexibility index (Phi) is 6.42.